The van der Waals surface area contributed by atoms with E-state index in [2.05, 4.69) is 0 Å². The number of hydrogen-bond acceptors (Lipinski definition) is 5. The molecule has 6 heteroatoms. The van der Waals surface area contributed by atoms with Crippen molar-refractivity contribution in [3.05, 3.63) is 26.4 Å². The van der Waals surface area contributed by atoms with Crippen LogP contribution < -0.4 is 5.73 Å². The summed E-state index contributed by atoms with van der Waals surface area (Å²) in [6.07, 6.45) is 0. The molecule has 0 saturated carbocycles. The quantitative estimate of drug-likeness (QED) is 0.849. The number of rotatable bonds is 2. The maximum Gasteiger partial charge on any atom is 0.350 e. The molecule has 2 N–H and O–H groups in total. The number of thiophene rings is 2. The Bertz CT molecular complexity index is 616. The first-order chi connectivity index (χ1) is 8.47. The Labute approximate surface area is 118 Å². The van der Waals surface area contributed by atoms with E-state index >= 15 is 0 Å². The Balaban J connectivity index is 2.60. The molecule has 2 heterocycles. The third-order valence-corrected chi connectivity index (χ3v) is 5.82. The average molecular weight is 302 g/mol. The molecule has 0 aromatic carbocycles. The van der Waals surface area contributed by atoms with Gasteiger partial charge in [0.05, 0.1) is 27.6 Å². The van der Waals surface area contributed by atoms with Crippen LogP contribution in [0.2, 0.25) is 5.02 Å². The fourth-order valence-electron chi connectivity index (χ4n) is 1.57. The number of carbonyl (C=O) groups is 1. The highest BCUT2D eigenvalue weighted by Crippen LogP contribution is 2.45. The Kier molecular flexibility index (Phi) is 3.66. The third kappa shape index (κ3) is 2.02. The molecule has 0 aliphatic carbocycles. The lowest BCUT2D eigenvalue weighted by molar-refractivity contribution is 0.0607. The van der Waals surface area contributed by atoms with Crippen LogP contribution in [-0.4, -0.2) is 13.1 Å². The minimum atomic E-state index is -0.406. The van der Waals surface area contributed by atoms with Gasteiger partial charge in [0.2, 0.25) is 0 Å². The van der Waals surface area contributed by atoms with Crippen LogP contribution in [0.25, 0.3) is 9.75 Å². The monoisotopic (exact) mass is 301 g/mol. The predicted octanol–water partition coefficient (Wildman–Crippen LogP) is 4.12. The van der Waals surface area contributed by atoms with E-state index in [1.54, 1.807) is 11.3 Å². The smallest absolute Gasteiger partial charge is 0.350 e. The summed E-state index contributed by atoms with van der Waals surface area (Å²) in [6.45, 7) is 3.84. The number of carbonyl (C=O) groups excluding carboxylic acids is 1. The number of esters is 1. The van der Waals surface area contributed by atoms with Gasteiger partial charge in [0.25, 0.3) is 0 Å². The molecule has 0 radical (unpaired) electrons. The van der Waals surface area contributed by atoms with Gasteiger partial charge < -0.3 is 10.5 Å². The summed E-state index contributed by atoms with van der Waals surface area (Å²) in [6, 6.07) is 0. The van der Waals surface area contributed by atoms with Gasteiger partial charge in [-0.3, -0.25) is 0 Å². The van der Waals surface area contributed by atoms with Crippen LogP contribution in [-0.2, 0) is 4.74 Å². The number of nitrogens with two attached hydrogens (primary N) is 1. The van der Waals surface area contributed by atoms with Gasteiger partial charge in [0.15, 0.2) is 0 Å². The summed E-state index contributed by atoms with van der Waals surface area (Å²) < 4.78 is 4.72. The summed E-state index contributed by atoms with van der Waals surface area (Å²) in [7, 11) is 1.35. The summed E-state index contributed by atoms with van der Waals surface area (Å²) in [4.78, 5) is 13.9. The summed E-state index contributed by atoms with van der Waals surface area (Å²) >= 11 is 9.13. The average Bonchev–Trinajstić information content (AvgIpc) is 2.83. The normalized spacial score (nSPS) is 10.7. The lowest BCUT2D eigenvalue weighted by Crippen LogP contribution is -2.01. The van der Waals surface area contributed by atoms with Crippen LogP contribution in [0.4, 0.5) is 5.69 Å². The summed E-state index contributed by atoms with van der Waals surface area (Å²) in [5.74, 6) is -0.406. The standard InChI is InChI=1S/C12H12ClNO2S2/c1-5-4-17-10(7(5)13)9-6(2)8(14)11(18-9)12(15)16-3/h4H,14H2,1-3H3. The van der Waals surface area contributed by atoms with E-state index in [-0.39, 0.29) is 0 Å². The Morgan fingerprint density at radius 1 is 1.39 bits per heavy atom. The Morgan fingerprint density at radius 3 is 2.56 bits per heavy atom. The molecule has 2 aromatic rings. The first kappa shape index (κ1) is 13.4. The fourth-order valence-corrected chi connectivity index (χ4v) is 4.27. The van der Waals surface area contributed by atoms with Gasteiger partial charge in [0.1, 0.15) is 4.88 Å². The van der Waals surface area contributed by atoms with Crippen LogP contribution >= 0.6 is 34.3 Å². The van der Waals surface area contributed by atoms with E-state index in [4.69, 9.17) is 22.1 Å². The lowest BCUT2D eigenvalue weighted by Gasteiger charge is -1.97. The summed E-state index contributed by atoms with van der Waals surface area (Å²) in [5, 5.41) is 2.71. The highest BCUT2D eigenvalue weighted by atomic mass is 35.5. The number of hydrogen-bond donors (Lipinski definition) is 1. The topological polar surface area (TPSA) is 52.3 Å². The van der Waals surface area contributed by atoms with Gasteiger partial charge >= 0.3 is 5.97 Å². The molecular formula is C12H12ClNO2S2. The van der Waals surface area contributed by atoms with Crippen molar-refractivity contribution < 1.29 is 9.53 Å². The van der Waals surface area contributed by atoms with Gasteiger partial charge in [-0.1, -0.05) is 11.6 Å². The zero-order valence-corrected chi connectivity index (χ0v) is 12.6. The largest absolute Gasteiger partial charge is 0.465 e. The SMILES string of the molecule is COC(=O)c1sc(-c2scc(C)c2Cl)c(C)c1N. The van der Waals surface area contributed by atoms with Crippen molar-refractivity contribution in [3.8, 4) is 9.75 Å². The van der Waals surface area contributed by atoms with Gasteiger partial charge in [-0.25, -0.2) is 4.79 Å². The molecular weight excluding hydrogens is 290 g/mol. The molecule has 0 amide bonds. The number of ether oxygens (including phenoxy) is 1. The van der Waals surface area contributed by atoms with Crippen molar-refractivity contribution in [1.82, 2.24) is 0 Å². The molecule has 0 saturated heterocycles. The van der Waals surface area contributed by atoms with Crippen molar-refractivity contribution in [3.63, 3.8) is 0 Å². The van der Waals surface area contributed by atoms with Crippen molar-refractivity contribution in [1.29, 1.82) is 0 Å². The van der Waals surface area contributed by atoms with Gasteiger partial charge in [0, 0.05) is 0 Å². The zero-order chi connectivity index (χ0) is 13.4. The van der Waals surface area contributed by atoms with Crippen LogP contribution in [0.15, 0.2) is 5.38 Å². The second-order valence-electron chi connectivity index (χ2n) is 3.85. The maximum absolute atomic E-state index is 11.6. The molecule has 3 nitrogen and oxygen atoms in total. The first-order valence-electron chi connectivity index (χ1n) is 5.18. The Morgan fingerprint density at radius 2 is 2.06 bits per heavy atom. The van der Waals surface area contributed by atoms with Crippen molar-refractivity contribution in [2.24, 2.45) is 0 Å². The first-order valence-corrected chi connectivity index (χ1v) is 7.26. The van der Waals surface area contributed by atoms with Gasteiger partial charge in [-0.05, 0) is 30.4 Å². The lowest BCUT2D eigenvalue weighted by atomic mass is 10.2. The van der Waals surface area contributed by atoms with E-state index in [0.717, 1.165) is 25.9 Å². The highest BCUT2D eigenvalue weighted by molar-refractivity contribution is 7.23. The third-order valence-electron chi connectivity index (χ3n) is 2.67. The molecule has 0 fully saturated rings. The molecule has 0 bridgehead atoms. The minimum absolute atomic E-state index is 0.406. The van der Waals surface area contributed by atoms with Crippen LogP contribution in [0.3, 0.4) is 0 Å². The summed E-state index contributed by atoms with van der Waals surface area (Å²) in [5.41, 5.74) is 8.33. The molecule has 0 unspecified atom stereocenters. The number of halogens is 1. The fraction of sp³-hybridized carbons (Fsp3) is 0.250. The Hall–Kier alpha value is -1.04. The molecule has 0 aliphatic heterocycles. The minimum Gasteiger partial charge on any atom is -0.465 e. The molecule has 18 heavy (non-hydrogen) atoms. The highest BCUT2D eigenvalue weighted by Gasteiger charge is 2.22. The van der Waals surface area contributed by atoms with E-state index in [1.807, 2.05) is 19.2 Å². The van der Waals surface area contributed by atoms with E-state index in [9.17, 15) is 4.79 Å². The van der Waals surface area contributed by atoms with Crippen LogP contribution in [0.5, 0.6) is 0 Å². The molecule has 0 aliphatic rings. The molecule has 0 atom stereocenters. The van der Waals surface area contributed by atoms with E-state index < -0.39 is 5.97 Å². The maximum atomic E-state index is 11.6. The van der Waals surface area contributed by atoms with Crippen molar-refractivity contribution >= 4 is 45.9 Å². The van der Waals surface area contributed by atoms with Crippen LogP contribution in [0, 0.1) is 13.8 Å². The second-order valence-corrected chi connectivity index (χ2v) is 6.13. The number of methoxy groups -OCH3 is 1. The van der Waals surface area contributed by atoms with Crippen LogP contribution in [0.1, 0.15) is 20.8 Å². The van der Waals surface area contributed by atoms with E-state index in [0.29, 0.717) is 10.6 Å². The predicted molar refractivity (Wildman–Crippen MR) is 77.9 cm³/mol. The molecule has 2 rings (SSSR count). The number of nitrogen functional groups attached to an aromatic ring is 1. The van der Waals surface area contributed by atoms with E-state index in [1.165, 1.54) is 18.4 Å². The number of aryl methyl sites for hydroxylation is 1. The van der Waals surface area contributed by atoms with Crippen molar-refractivity contribution in [2.75, 3.05) is 12.8 Å². The number of anilines is 1. The molecule has 0 spiro atoms. The second kappa shape index (κ2) is 4.91. The van der Waals surface area contributed by atoms with Gasteiger partial charge in [-0.2, -0.15) is 0 Å². The van der Waals surface area contributed by atoms with Gasteiger partial charge in [-0.15, -0.1) is 22.7 Å². The van der Waals surface area contributed by atoms with Crippen molar-refractivity contribution in [2.45, 2.75) is 13.8 Å². The zero-order valence-electron chi connectivity index (χ0n) is 10.2. The molecule has 96 valence electrons. The molecule has 2 aromatic heterocycles.